The van der Waals surface area contributed by atoms with Gasteiger partial charge in [-0.05, 0) is 18.2 Å². The molecule has 20 heavy (non-hydrogen) atoms. The lowest BCUT2D eigenvalue weighted by Gasteiger charge is -2.07. The maximum absolute atomic E-state index is 12.4. The summed E-state index contributed by atoms with van der Waals surface area (Å²) in [7, 11) is 0. The van der Waals surface area contributed by atoms with Crippen molar-refractivity contribution >= 4 is 32.5 Å². The minimum atomic E-state index is -0.0589. The highest BCUT2D eigenvalue weighted by atomic mass is 79.9. The lowest BCUT2D eigenvalue weighted by atomic mass is 10.2. The number of nitrogens with two attached hydrogens (primary N) is 1. The van der Waals surface area contributed by atoms with Crippen molar-refractivity contribution in [2.45, 2.75) is 13.1 Å². The summed E-state index contributed by atoms with van der Waals surface area (Å²) < 4.78 is 4.14. The molecule has 0 spiro atoms. The average Bonchev–Trinajstić information content (AvgIpc) is 2.84. The molecule has 0 atom stereocenters. The van der Waals surface area contributed by atoms with Crippen molar-refractivity contribution in [3.05, 3.63) is 51.7 Å². The van der Waals surface area contributed by atoms with Gasteiger partial charge in [0.2, 0.25) is 0 Å². The molecular formula is C13H12BrN5O. The number of aromatic nitrogens is 4. The average molecular weight is 334 g/mol. The van der Waals surface area contributed by atoms with Gasteiger partial charge in [-0.25, -0.2) is 4.98 Å². The third kappa shape index (κ3) is 2.44. The highest BCUT2D eigenvalue weighted by molar-refractivity contribution is 9.10. The van der Waals surface area contributed by atoms with Crippen molar-refractivity contribution in [1.29, 1.82) is 0 Å². The zero-order valence-electron chi connectivity index (χ0n) is 10.5. The largest absolute Gasteiger partial charge is 0.396 e. The fourth-order valence-corrected chi connectivity index (χ4v) is 2.36. The molecule has 2 heterocycles. The maximum atomic E-state index is 12.4. The van der Waals surface area contributed by atoms with Crippen LogP contribution in [0, 0.1) is 0 Å². The first-order chi connectivity index (χ1) is 9.63. The van der Waals surface area contributed by atoms with E-state index in [1.165, 1.54) is 0 Å². The van der Waals surface area contributed by atoms with Gasteiger partial charge in [-0.15, -0.1) is 0 Å². The van der Waals surface area contributed by atoms with Crippen LogP contribution in [0.5, 0.6) is 0 Å². The molecule has 1 aromatic carbocycles. The first-order valence-corrected chi connectivity index (χ1v) is 6.85. The molecule has 0 aliphatic carbocycles. The molecule has 2 aromatic heterocycles. The van der Waals surface area contributed by atoms with E-state index in [1.54, 1.807) is 34.0 Å². The molecule has 3 rings (SSSR count). The van der Waals surface area contributed by atoms with Gasteiger partial charge < -0.3 is 5.73 Å². The molecule has 0 saturated carbocycles. The molecular weight excluding hydrogens is 322 g/mol. The van der Waals surface area contributed by atoms with Gasteiger partial charge in [0.15, 0.2) is 0 Å². The Labute approximate surface area is 123 Å². The van der Waals surface area contributed by atoms with Crippen LogP contribution in [-0.4, -0.2) is 19.3 Å². The van der Waals surface area contributed by atoms with Crippen molar-refractivity contribution in [2.24, 2.45) is 0 Å². The van der Waals surface area contributed by atoms with Gasteiger partial charge in [0.1, 0.15) is 0 Å². The van der Waals surface area contributed by atoms with Crippen LogP contribution in [0.4, 0.5) is 5.69 Å². The third-order valence-corrected chi connectivity index (χ3v) is 3.50. The summed E-state index contributed by atoms with van der Waals surface area (Å²) in [5, 5.41) is 4.68. The monoisotopic (exact) mass is 333 g/mol. The molecule has 0 saturated heterocycles. The second-order valence-corrected chi connectivity index (χ2v) is 5.36. The molecule has 0 radical (unpaired) electrons. The van der Waals surface area contributed by atoms with E-state index in [2.05, 4.69) is 26.0 Å². The predicted octanol–water partition coefficient (Wildman–Crippen LogP) is 1.64. The van der Waals surface area contributed by atoms with Crippen LogP contribution in [0.25, 0.3) is 10.9 Å². The molecule has 6 nitrogen and oxygen atoms in total. The van der Waals surface area contributed by atoms with Crippen LogP contribution in [0.1, 0.15) is 0 Å². The Balaban J connectivity index is 1.92. The highest BCUT2D eigenvalue weighted by Gasteiger charge is 2.05. The Kier molecular flexibility index (Phi) is 3.27. The zero-order chi connectivity index (χ0) is 14.1. The van der Waals surface area contributed by atoms with Crippen molar-refractivity contribution < 1.29 is 0 Å². The quantitative estimate of drug-likeness (QED) is 0.790. The van der Waals surface area contributed by atoms with Gasteiger partial charge in [0.05, 0.1) is 35.7 Å². The summed E-state index contributed by atoms with van der Waals surface area (Å²) in [6.07, 6.45) is 4.88. The van der Waals surface area contributed by atoms with Gasteiger partial charge in [0.25, 0.3) is 5.56 Å². The van der Waals surface area contributed by atoms with Crippen molar-refractivity contribution in [1.82, 2.24) is 19.3 Å². The molecule has 7 heteroatoms. The summed E-state index contributed by atoms with van der Waals surface area (Å²) in [5.74, 6) is 0. The fourth-order valence-electron chi connectivity index (χ4n) is 2.00. The van der Waals surface area contributed by atoms with Crippen LogP contribution in [0.3, 0.4) is 0 Å². The number of aryl methyl sites for hydroxylation is 2. The first-order valence-electron chi connectivity index (χ1n) is 6.06. The highest BCUT2D eigenvalue weighted by Crippen LogP contribution is 2.14. The normalized spacial score (nSPS) is 11.1. The smallest absolute Gasteiger partial charge is 0.261 e. The van der Waals surface area contributed by atoms with Crippen LogP contribution in [0.2, 0.25) is 0 Å². The van der Waals surface area contributed by atoms with E-state index >= 15 is 0 Å². The van der Waals surface area contributed by atoms with E-state index < -0.39 is 0 Å². The second-order valence-electron chi connectivity index (χ2n) is 4.44. The van der Waals surface area contributed by atoms with Crippen molar-refractivity contribution in [3.8, 4) is 0 Å². The second kappa shape index (κ2) is 5.09. The first kappa shape index (κ1) is 12.9. The minimum absolute atomic E-state index is 0.0589. The number of hydrogen-bond acceptors (Lipinski definition) is 4. The summed E-state index contributed by atoms with van der Waals surface area (Å²) in [5.41, 5.74) is 6.84. The van der Waals surface area contributed by atoms with Crippen molar-refractivity contribution in [2.75, 3.05) is 5.73 Å². The Morgan fingerprint density at radius 2 is 2.15 bits per heavy atom. The lowest BCUT2D eigenvalue weighted by Crippen LogP contribution is -2.23. The van der Waals surface area contributed by atoms with E-state index in [0.29, 0.717) is 29.7 Å². The molecule has 0 bridgehead atoms. The number of benzene rings is 1. The molecule has 0 aliphatic rings. The van der Waals surface area contributed by atoms with Crippen LogP contribution >= 0.6 is 15.9 Å². The van der Waals surface area contributed by atoms with Crippen molar-refractivity contribution in [3.63, 3.8) is 0 Å². The van der Waals surface area contributed by atoms with Crippen LogP contribution in [-0.2, 0) is 13.1 Å². The van der Waals surface area contributed by atoms with Gasteiger partial charge in [-0.2, -0.15) is 5.10 Å². The number of fused-ring (bicyclic) bond motifs is 1. The summed E-state index contributed by atoms with van der Waals surface area (Å²) in [6.45, 7) is 1.06. The zero-order valence-corrected chi connectivity index (χ0v) is 12.1. The Morgan fingerprint density at radius 3 is 2.90 bits per heavy atom. The fraction of sp³-hybridized carbons (Fsp3) is 0.154. The Morgan fingerprint density at radius 1 is 1.30 bits per heavy atom. The molecule has 0 aliphatic heterocycles. The number of rotatable bonds is 3. The SMILES string of the molecule is Nc1cnn(CCn2cnc3ccc(Br)cc3c2=O)c1. The number of halogens is 1. The Bertz CT molecular complexity index is 823. The maximum Gasteiger partial charge on any atom is 0.261 e. The van der Waals surface area contributed by atoms with Crippen LogP contribution in [0.15, 0.2) is 46.2 Å². The molecule has 0 fully saturated rings. The number of anilines is 1. The van der Waals surface area contributed by atoms with Gasteiger partial charge in [-0.3, -0.25) is 14.0 Å². The number of nitrogens with zero attached hydrogens (tertiary/aromatic N) is 4. The predicted molar refractivity (Wildman–Crippen MR) is 80.3 cm³/mol. The third-order valence-electron chi connectivity index (χ3n) is 3.01. The van der Waals surface area contributed by atoms with Gasteiger partial charge in [-0.1, -0.05) is 15.9 Å². The van der Waals surface area contributed by atoms with E-state index in [4.69, 9.17) is 5.73 Å². The number of hydrogen-bond donors (Lipinski definition) is 1. The van der Waals surface area contributed by atoms with E-state index in [0.717, 1.165) is 4.47 Å². The topological polar surface area (TPSA) is 78.7 Å². The standard InChI is InChI=1S/C13H12BrN5O/c14-9-1-2-12-11(5-9)13(20)18(8-16-12)3-4-19-7-10(15)6-17-19/h1-2,5-8H,3-4,15H2. The van der Waals surface area contributed by atoms with E-state index in [-0.39, 0.29) is 5.56 Å². The van der Waals surface area contributed by atoms with E-state index in [1.807, 2.05) is 12.1 Å². The Hall–Kier alpha value is -2.15. The van der Waals surface area contributed by atoms with Gasteiger partial charge >= 0.3 is 0 Å². The number of nitrogen functional groups attached to an aromatic ring is 1. The van der Waals surface area contributed by atoms with Gasteiger partial charge in [0, 0.05) is 17.2 Å². The molecule has 3 aromatic rings. The summed E-state index contributed by atoms with van der Waals surface area (Å²) in [6, 6.07) is 5.47. The summed E-state index contributed by atoms with van der Waals surface area (Å²) in [4.78, 5) is 16.6. The molecule has 0 amide bonds. The lowest BCUT2D eigenvalue weighted by molar-refractivity contribution is 0.521. The van der Waals surface area contributed by atoms with Crippen LogP contribution < -0.4 is 11.3 Å². The summed E-state index contributed by atoms with van der Waals surface area (Å²) >= 11 is 3.37. The molecule has 2 N–H and O–H groups in total. The molecule has 0 unspecified atom stereocenters. The molecule has 102 valence electrons. The minimum Gasteiger partial charge on any atom is -0.396 e. The van der Waals surface area contributed by atoms with E-state index in [9.17, 15) is 4.79 Å².